The van der Waals surface area contributed by atoms with Gasteiger partial charge in [0.1, 0.15) is 5.75 Å². The quantitative estimate of drug-likeness (QED) is 0.444. The molecule has 11 nitrogen and oxygen atoms in total. The zero-order valence-electron chi connectivity index (χ0n) is 23.2. The summed E-state index contributed by atoms with van der Waals surface area (Å²) < 4.78 is 0. The first kappa shape index (κ1) is 26.1. The summed E-state index contributed by atoms with van der Waals surface area (Å²) in [5, 5.41) is 32.3. The van der Waals surface area contributed by atoms with Crippen LogP contribution >= 0.6 is 0 Å². The van der Waals surface area contributed by atoms with Crippen molar-refractivity contribution in [1.82, 2.24) is 25.1 Å². The molecule has 2 aromatic heterocycles. The molecule has 3 aliphatic heterocycles. The number of nitrogens with zero attached hydrogens (tertiary/aromatic N) is 7. The number of hydrogen-bond donors (Lipinski definition) is 3. The normalized spacial score (nSPS) is 22.8. The number of carboxylic acid groups (broad SMARTS) is 1. The van der Waals surface area contributed by atoms with Gasteiger partial charge in [-0.1, -0.05) is 32.9 Å². The lowest BCUT2D eigenvalue weighted by Crippen LogP contribution is -2.58. The Balaban J connectivity index is 1.19. The Labute approximate surface area is 233 Å². The van der Waals surface area contributed by atoms with Crippen LogP contribution in [0.1, 0.15) is 45.2 Å². The van der Waals surface area contributed by atoms with Crippen LogP contribution in [0.25, 0.3) is 11.3 Å². The van der Waals surface area contributed by atoms with Crippen molar-refractivity contribution in [3.05, 3.63) is 48.3 Å². The maximum Gasteiger partial charge on any atom is 0.407 e. The molecule has 0 unspecified atom stereocenters. The third-order valence-corrected chi connectivity index (χ3v) is 8.46. The van der Waals surface area contributed by atoms with Crippen LogP contribution < -0.4 is 15.1 Å². The van der Waals surface area contributed by atoms with E-state index in [1.165, 1.54) is 0 Å². The molecule has 1 aromatic carbocycles. The number of carbonyl (C=O) groups is 1. The number of phenols is 1. The van der Waals surface area contributed by atoms with Crippen LogP contribution in [0.4, 0.5) is 22.2 Å². The largest absolute Gasteiger partial charge is 0.507 e. The van der Waals surface area contributed by atoms with Gasteiger partial charge < -0.3 is 30.2 Å². The summed E-state index contributed by atoms with van der Waals surface area (Å²) in [6.45, 7) is 9.86. The van der Waals surface area contributed by atoms with E-state index >= 15 is 0 Å². The van der Waals surface area contributed by atoms with Crippen molar-refractivity contribution in [3.63, 3.8) is 0 Å². The summed E-state index contributed by atoms with van der Waals surface area (Å²) in [5.74, 6) is 1.85. The lowest BCUT2D eigenvalue weighted by atomic mass is 9.76. The van der Waals surface area contributed by atoms with E-state index in [2.05, 4.69) is 51.1 Å². The fourth-order valence-corrected chi connectivity index (χ4v) is 6.32. The number of aromatic hydroxyl groups is 1. The average Bonchev–Trinajstić information content (AvgIpc) is 2.96. The van der Waals surface area contributed by atoms with Crippen LogP contribution in [-0.2, 0) is 0 Å². The third-order valence-electron chi connectivity index (χ3n) is 8.46. The van der Waals surface area contributed by atoms with Crippen molar-refractivity contribution in [2.45, 2.75) is 51.6 Å². The van der Waals surface area contributed by atoms with Gasteiger partial charge >= 0.3 is 6.09 Å². The molecule has 0 bridgehead atoms. The second-order valence-electron chi connectivity index (χ2n) is 12.0. The number of anilines is 3. The van der Waals surface area contributed by atoms with Crippen LogP contribution in [0.15, 0.2) is 42.6 Å². The molecule has 3 N–H and O–H groups in total. The van der Waals surface area contributed by atoms with E-state index in [0.29, 0.717) is 17.8 Å². The highest BCUT2D eigenvalue weighted by molar-refractivity contribution is 5.76. The molecular weight excluding hydrogens is 508 g/mol. The lowest BCUT2D eigenvalue weighted by molar-refractivity contribution is 0.0521. The van der Waals surface area contributed by atoms with Gasteiger partial charge in [-0.25, -0.2) is 14.8 Å². The van der Waals surface area contributed by atoms with Gasteiger partial charge in [-0.3, -0.25) is 0 Å². The van der Waals surface area contributed by atoms with Crippen LogP contribution in [0.5, 0.6) is 5.75 Å². The Morgan fingerprint density at radius 1 is 1.10 bits per heavy atom. The van der Waals surface area contributed by atoms with Crippen LogP contribution in [0, 0.1) is 5.41 Å². The van der Waals surface area contributed by atoms with Crippen LogP contribution in [0.2, 0.25) is 0 Å². The summed E-state index contributed by atoms with van der Waals surface area (Å²) in [6.07, 6.45) is 2.50. The Morgan fingerprint density at radius 3 is 2.70 bits per heavy atom. The molecule has 3 aliphatic rings. The maximum absolute atomic E-state index is 11.9. The molecule has 6 rings (SSSR count). The molecule has 11 heteroatoms. The van der Waals surface area contributed by atoms with E-state index in [0.717, 1.165) is 62.2 Å². The number of piperidine rings is 1. The standard InChI is InChI=1S/C29H36N8O3/c1-29(2,3)25-14-18(9-11-37(25)28(39)40)21-8-10-30-27(32-21)35-12-13-36-19(17-35)16-31-26-23(36)15-22(33-34-26)20-6-4-5-7-24(20)38/h4-8,10,15,18-19,25,38H,9,11-14,16-17H2,1-3H3,(H,31,34)(H,39,40)/t18-,19-,25-/m1/s1. The van der Waals surface area contributed by atoms with Crippen molar-refractivity contribution in [1.29, 1.82) is 0 Å². The van der Waals surface area contributed by atoms with E-state index in [-0.39, 0.29) is 29.2 Å². The number of rotatable bonds is 3. The van der Waals surface area contributed by atoms with E-state index in [4.69, 9.17) is 4.98 Å². The van der Waals surface area contributed by atoms with Crippen molar-refractivity contribution >= 4 is 23.5 Å². The highest BCUT2D eigenvalue weighted by Gasteiger charge is 2.40. The molecule has 0 spiro atoms. The van der Waals surface area contributed by atoms with Crippen molar-refractivity contribution in [3.8, 4) is 17.0 Å². The second kappa shape index (κ2) is 10.1. The molecule has 3 atom stereocenters. The fourth-order valence-electron chi connectivity index (χ4n) is 6.32. The first-order chi connectivity index (χ1) is 19.2. The van der Waals surface area contributed by atoms with Gasteiger partial charge in [0.2, 0.25) is 5.95 Å². The molecule has 2 saturated heterocycles. The zero-order chi connectivity index (χ0) is 28.0. The number of fused-ring (bicyclic) bond motifs is 3. The molecule has 0 radical (unpaired) electrons. The van der Waals surface area contributed by atoms with Gasteiger partial charge in [0.15, 0.2) is 5.82 Å². The van der Waals surface area contributed by atoms with Gasteiger partial charge in [-0.05, 0) is 42.5 Å². The minimum atomic E-state index is -0.846. The number of hydrogen-bond acceptors (Lipinski definition) is 9. The fraction of sp³-hybridized carbons (Fsp3) is 0.483. The minimum Gasteiger partial charge on any atom is -0.507 e. The molecule has 1 amide bonds. The SMILES string of the molecule is CC(C)(C)[C@H]1C[C@H](c2ccnc(N3CCN4c5cc(-c6ccccc6O)nnc5NC[C@@H]4C3)n2)CCN1C(=O)O. The molecular formula is C29H36N8O3. The Kier molecular flexibility index (Phi) is 6.59. The summed E-state index contributed by atoms with van der Waals surface area (Å²) >= 11 is 0. The number of piperazine rings is 1. The Morgan fingerprint density at radius 2 is 1.93 bits per heavy atom. The molecule has 5 heterocycles. The first-order valence-corrected chi connectivity index (χ1v) is 13.9. The van der Waals surface area contributed by atoms with Crippen LogP contribution in [-0.4, -0.2) is 86.2 Å². The molecule has 210 valence electrons. The predicted octanol–water partition coefficient (Wildman–Crippen LogP) is 4.03. The molecule has 3 aromatic rings. The van der Waals surface area contributed by atoms with Crippen molar-refractivity contribution in [2.75, 3.05) is 47.8 Å². The van der Waals surface area contributed by atoms with Gasteiger partial charge in [0.25, 0.3) is 0 Å². The number of nitrogens with one attached hydrogen (secondary N) is 1. The highest BCUT2D eigenvalue weighted by atomic mass is 16.4. The number of aromatic nitrogens is 4. The van der Waals surface area contributed by atoms with E-state index in [9.17, 15) is 15.0 Å². The van der Waals surface area contributed by atoms with E-state index < -0.39 is 6.09 Å². The highest BCUT2D eigenvalue weighted by Crippen LogP contribution is 2.39. The summed E-state index contributed by atoms with van der Waals surface area (Å²) in [5.41, 5.74) is 3.11. The summed E-state index contributed by atoms with van der Waals surface area (Å²) in [6, 6.07) is 11.3. The third kappa shape index (κ3) is 4.84. The Bertz CT molecular complexity index is 1410. The maximum atomic E-state index is 11.9. The number of likely N-dealkylation sites (tertiary alicyclic amines) is 1. The second-order valence-corrected chi connectivity index (χ2v) is 12.0. The average molecular weight is 545 g/mol. The van der Waals surface area contributed by atoms with Crippen molar-refractivity contribution < 1.29 is 15.0 Å². The van der Waals surface area contributed by atoms with Gasteiger partial charge in [-0.2, -0.15) is 0 Å². The lowest BCUT2D eigenvalue weighted by Gasteiger charge is -2.46. The zero-order valence-corrected chi connectivity index (χ0v) is 23.2. The number of amides is 1. The molecule has 2 fully saturated rings. The summed E-state index contributed by atoms with van der Waals surface area (Å²) in [4.78, 5) is 27.7. The smallest absolute Gasteiger partial charge is 0.407 e. The first-order valence-electron chi connectivity index (χ1n) is 13.9. The monoisotopic (exact) mass is 544 g/mol. The molecule has 40 heavy (non-hydrogen) atoms. The van der Waals surface area contributed by atoms with Crippen molar-refractivity contribution in [2.24, 2.45) is 5.41 Å². The Hall–Kier alpha value is -4.15. The van der Waals surface area contributed by atoms with E-state index in [1.807, 2.05) is 30.5 Å². The van der Waals surface area contributed by atoms with Gasteiger partial charge in [-0.15, -0.1) is 10.2 Å². The number of phenolic OH excluding ortho intramolecular Hbond substituents is 1. The molecule has 0 aliphatic carbocycles. The van der Waals surface area contributed by atoms with Gasteiger partial charge in [0, 0.05) is 62.1 Å². The van der Waals surface area contributed by atoms with E-state index in [1.54, 1.807) is 17.0 Å². The number of benzene rings is 1. The van der Waals surface area contributed by atoms with Crippen LogP contribution in [0.3, 0.4) is 0 Å². The topological polar surface area (TPSA) is 131 Å². The predicted molar refractivity (Wildman–Crippen MR) is 153 cm³/mol. The molecule has 0 saturated carbocycles. The van der Waals surface area contributed by atoms with Gasteiger partial charge in [0.05, 0.1) is 17.4 Å². The number of para-hydroxylation sites is 1. The summed E-state index contributed by atoms with van der Waals surface area (Å²) in [7, 11) is 0. The minimum absolute atomic E-state index is 0.0649.